The Morgan fingerprint density at radius 1 is 1.11 bits per heavy atom. The first-order chi connectivity index (χ1) is 8.93. The Kier molecular flexibility index (Phi) is 3.78. The van der Waals surface area contributed by atoms with Crippen LogP contribution in [0, 0.1) is 0 Å². The van der Waals surface area contributed by atoms with Crippen LogP contribution in [0.15, 0.2) is 36.7 Å². The summed E-state index contributed by atoms with van der Waals surface area (Å²) in [6, 6.07) is 4.62. The van der Waals surface area contributed by atoms with Crippen molar-refractivity contribution in [1.29, 1.82) is 0 Å². The summed E-state index contributed by atoms with van der Waals surface area (Å²) >= 11 is 5.88. The molecule has 0 radical (unpaired) electrons. The van der Waals surface area contributed by atoms with Crippen molar-refractivity contribution in [2.45, 2.75) is 12.8 Å². The first kappa shape index (κ1) is 13.8. The molecule has 2 rings (SSSR count). The molecule has 0 atom stereocenters. The van der Waals surface area contributed by atoms with Gasteiger partial charge in [-0.25, -0.2) is 0 Å². The van der Waals surface area contributed by atoms with Gasteiger partial charge in [0.15, 0.2) is 0 Å². The number of aromatic nitrogens is 1. The largest absolute Gasteiger partial charge is 0.416 e. The van der Waals surface area contributed by atoms with Gasteiger partial charge in [0.1, 0.15) is 0 Å². The highest BCUT2D eigenvalue weighted by atomic mass is 35.5. The summed E-state index contributed by atoms with van der Waals surface area (Å²) in [5.41, 5.74) is 0.754. The molecular weight excluding hydrogens is 279 g/mol. The fourth-order valence-corrected chi connectivity index (χ4v) is 1.93. The van der Waals surface area contributed by atoms with Crippen molar-refractivity contribution in [2.75, 3.05) is 0 Å². The molecule has 100 valence electrons. The van der Waals surface area contributed by atoms with Gasteiger partial charge in [-0.1, -0.05) is 23.7 Å². The highest BCUT2D eigenvalue weighted by molar-refractivity contribution is 6.31. The normalized spacial score (nSPS) is 11.6. The molecule has 0 saturated carbocycles. The lowest BCUT2D eigenvalue weighted by atomic mass is 10.0. The fourth-order valence-electron chi connectivity index (χ4n) is 1.71. The highest BCUT2D eigenvalue weighted by Crippen LogP contribution is 2.32. The predicted octanol–water partition coefficient (Wildman–Crippen LogP) is 3.91. The molecule has 0 saturated heterocycles. The van der Waals surface area contributed by atoms with E-state index in [4.69, 9.17) is 11.6 Å². The van der Waals surface area contributed by atoms with Gasteiger partial charge >= 0.3 is 6.18 Å². The zero-order valence-electron chi connectivity index (χ0n) is 9.58. The molecule has 1 aromatic carbocycles. The zero-order chi connectivity index (χ0) is 14.0. The van der Waals surface area contributed by atoms with E-state index in [0.717, 1.165) is 12.1 Å². The van der Waals surface area contributed by atoms with E-state index in [1.807, 2.05) is 0 Å². The standard InChI is InChI=1S/C13H9ClF3NO/c14-12-6-18-5-10(11(12)7-19)8-1-3-9(4-2-8)13(15,16)17/h1-6,19H,7H2. The van der Waals surface area contributed by atoms with E-state index in [0.29, 0.717) is 16.7 Å². The summed E-state index contributed by atoms with van der Waals surface area (Å²) in [7, 11) is 0. The van der Waals surface area contributed by atoms with E-state index in [1.165, 1.54) is 24.5 Å². The molecule has 0 unspecified atom stereocenters. The maximum absolute atomic E-state index is 12.5. The van der Waals surface area contributed by atoms with Crippen LogP contribution in [0.5, 0.6) is 0 Å². The summed E-state index contributed by atoms with van der Waals surface area (Å²) in [5, 5.41) is 9.53. The predicted molar refractivity (Wildman–Crippen MR) is 65.6 cm³/mol. The molecular formula is C13H9ClF3NO. The highest BCUT2D eigenvalue weighted by Gasteiger charge is 2.30. The molecule has 19 heavy (non-hydrogen) atoms. The Bertz CT molecular complexity index is 581. The van der Waals surface area contributed by atoms with E-state index in [-0.39, 0.29) is 11.6 Å². The van der Waals surface area contributed by atoms with Crippen LogP contribution >= 0.6 is 11.6 Å². The molecule has 0 aliphatic rings. The van der Waals surface area contributed by atoms with Gasteiger partial charge in [-0.3, -0.25) is 4.98 Å². The lowest BCUT2D eigenvalue weighted by Crippen LogP contribution is -2.04. The van der Waals surface area contributed by atoms with Gasteiger partial charge in [-0.15, -0.1) is 0 Å². The third-order valence-electron chi connectivity index (χ3n) is 2.69. The number of benzene rings is 1. The number of nitrogens with zero attached hydrogens (tertiary/aromatic N) is 1. The van der Waals surface area contributed by atoms with Crippen LogP contribution in [-0.4, -0.2) is 10.1 Å². The molecule has 0 aliphatic carbocycles. The SMILES string of the molecule is OCc1c(Cl)cncc1-c1ccc(C(F)(F)F)cc1. The summed E-state index contributed by atoms with van der Waals surface area (Å²) < 4.78 is 37.4. The van der Waals surface area contributed by atoms with Crippen molar-refractivity contribution in [2.24, 2.45) is 0 Å². The lowest BCUT2D eigenvalue weighted by Gasteiger charge is -2.10. The first-order valence-corrected chi connectivity index (χ1v) is 5.72. The first-order valence-electron chi connectivity index (χ1n) is 5.34. The number of aliphatic hydroxyl groups is 1. The maximum atomic E-state index is 12.5. The average molecular weight is 288 g/mol. The van der Waals surface area contributed by atoms with Crippen LogP contribution in [0.2, 0.25) is 5.02 Å². The van der Waals surface area contributed by atoms with Crippen LogP contribution in [0.25, 0.3) is 11.1 Å². The van der Waals surface area contributed by atoms with Gasteiger partial charge in [-0.2, -0.15) is 13.2 Å². The Hall–Kier alpha value is -1.59. The number of hydrogen-bond donors (Lipinski definition) is 1. The maximum Gasteiger partial charge on any atom is 0.416 e. The van der Waals surface area contributed by atoms with Gasteiger partial charge in [0.05, 0.1) is 17.2 Å². The Morgan fingerprint density at radius 2 is 1.74 bits per heavy atom. The zero-order valence-corrected chi connectivity index (χ0v) is 10.3. The second kappa shape index (κ2) is 5.19. The Morgan fingerprint density at radius 3 is 2.26 bits per heavy atom. The van der Waals surface area contributed by atoms with Crippen LogP contribution in [0.4, 0.5) is 13.2 Å². The van der Waals surface area contributed by atoms with Gasteiger partial charge in [0.2, 0.25) is 0 Å². The second-order valence-electron chi connectivity index (χ2n) is 3.88. The monoisotopic (exact) mass is 287 g/mol. The third kappa shape index (κ3) is 2.88. The van der Waals surface area contributed by atoms with E-state index in [2.05, 4.69) is 4.98 Å². The minimum absolute atomic E-state index is 0.278. The van der Waals surface area contributed by atoms with Crippen LogP contribution < -0.4 is 0 Å². The topological polar surface area (TPSA) is 33.1 Å². The van der Waals surface area contributed by atoms with Gasteiger partial charge in [0, 0.05) is 23.5 Å². The quantitative estimate of drug-likeness (QED) is 0.908. The minimum Gasteiger partial charge on any atom is -0.392 e. The van der Waals surface area contributed by atoms with Crippen molar-refractivity contribution in [3.8, 4) is 11.1 Å². The number of aliphatic hydroxyl groups excluding tert-OH is 1. The molecule has 0 amide bonds. The molecule has 0 spiro atoms. The van der Waals surface area contributed by atoms with E-state index >= 15 is 0 Å². The van der Waals surface area contributed by atoms with Crippen LogP contribution in [-0.2, 0) is 12.8 Å². The number of pyridine rings is 1. The van der Waals surface area contributed by atoms with Crippen LogP contribution in [0.3, 0.4) is 0 Å². The molecule has 2 nitrogen and oxygen atoms in total. The summed E-state index contributed by atoms with van der Waals surface area (Å²) in [5.74, 6) is 0. The summed E-state index contributed by atoms with van der Waals surface area (Å²) in [6.07, 6.45) is -1.54. The van der Waals surface area contributed by atoms with E-state index in [1.54, 1.807) is 0 Å². The van der Waals surface area contributed by atoms with Crippen molar-refractivity contribution in [3.05, 3.63) is 52.8 Å². The molecule has 1 aromatic heterocycles. The van der Waals surface area contributed by atoms with Gasteiger partial charge < -0.3 is 5.11 Å². The summed E-state index contributed by atoms with van der Waals surface area (Å²) in [6.45, 7) is -0.308. The molecule has 1 heterocycles. The second-order valence-corrected chi connectivity index (χ2v) is 4.29. The summed E-state index contributed by atoms with van der Waals surface area (Å²) in [4.78, 5) is 3.88. The molecule has 0 aliphatic heterocycles. The van der Waals surface area contributed by atoms with Crippen molar-refractivity contribution >= 4 is 11.6 Å². The molecule has 0 bridgehead atoms. The third-order valence-corrected chi connectivity index (χ3v) is 3.01. The number of halogens is 4. The number of hydrogen-bond acceptors (Lipinski definition) is 2. The van der Waals surface area contributed by atoms with E-state index < -0.39 is 11.7 Å². The van der Waals surface area contributed by atoms with Crippen molar-refractivity contribution in [1.82, 2.24) is 4.98 Å². The average Bonchev–Trinajstić information content (AvgIpc) is 2.37. The van der Waals surface area contributed by atoms with Gasteiger partial charge in [-0.05, 0) is 17.7 Å². The van der Waals surface area contributed by atoms with Crippen molar-refractivity contribution < 1.29 is 18.3 Å². The molecule has 1 N–H and O–H groups in total. The minimum atomic E-state index is -4.37. The smallest absolute Gasteiger partial charge is 0.392 e. The Labute approximate surface area is 112 Å². The molecule has 2 aromatic rings. The van der Waals surface area contributed by atoms with Gasteiger partial charge in [0.25, 0.3) is 0 Å². The lowest BCUT2D eigenvalue weighted by molar-refractivity contribution is -0.137. The molecule has 6 heteroatoms. The number of rotatable bonds is 2. The Balaban J connectivity index is 2.46. The number of alkyl halides is 3. The van der Waals surface area contributed by atoms with E-state index in [9.17, 15) is 18.3 Å². The molecule has 0 fully saturated rings. The van der Waals surface area contributed by atoms with Crippen molar-refractivity contribution in [3.63, 3.8) is 0 Å². The fraction of sp³-hybridized carbons (Fsp3) is 0.154. The van der Waals surface area contributed by atoms with Crippen LogP contribution in [0.1, 0.15) is 11.1 Å².